The normalized spacial score (nSPS) is 21.5. The summed E-state index contributed by atoms with van der Waals surface area (Å²) in [5.41, 5.74) is -0.406. The topological polar surface area (TPSA) is 29.5 Å². The molecule has 3 nitrogen and oxygen atoms in total. The van der Waals surface area contributed by atoms with Crippen LogP contribution in [0.2, 0.25) is 0 Å². The molecular weight excluding hydrogens is 274 g/mol. The number of rotatable bonds is 0. The maximum absolute atomic E-state index is 12.3. The average Bonchev–Trinajstić information content (AvgIpc) is 2.43. The van der Waals surface area contributed by atoms with Gasteiger partial charge >= 0.3 is 6.09 Å². The third-order valence-corrected chi connectivity index (χ3v) is 3.92. The van der Waals surface area contributed by atoms with Crippen LogP contribution in [0.25, 0.3) is 0 Å². The number of hydrogen-bond donors (Lipinski definition) is 0. The first-order valence-electron chi connectivity index (χ1n) is 9.12. The Bertz CT molecular complexity index is 331. The molecule has 1 heterocycles. The molecule has 0 aromatic rings. The van der Waals surface area contributed by atoms with Gasteiger partial charge in [-0.2, -0.15) is 0 Å². The van der Waals surface area contributed by atoms with E-state index in [1.807, 2.05) is 25.7 Å². The fraction of sp³-hybridized carbons (Fsp3) is 0.842. The molecule has 0 fully saturated rings. The van der Waals surface area contributed by atoms with Crippen LogP contribution in [-0.4, -0.2) is 29.7 Å². The van der Waals surface area contributed by atoms with Crippen LogP contribution in [0.4, 0.5) is 4.79 Å². The third kappa shape index (κ3) is 9.86. The molecular formula is C19H35NO2. The van der Waals surface area contributed by atoms with E-state index >= 15 is 0 Å². The molecule has 1 aliphatic heterocycles. The van der Waals surface area contributed by atoms with E-state index in [-0.39, 0.29) is 6.09 Å². The number of allylic oxidation sites excluding steroid dienone is 2. The summed E-state index contributed by atoms with van der Waals surface area (Å²) in [6, 6.07) is 0. The molecule has 22 heavy (non-hydrogen) atoms. The van der Waals surface area contributed by atoms with E-state index in [0.717, 1.165) is 38.8 Å². The summed E-state index contributed by atoms with van der Waals surface area (Å²) in [7, 11) is 0. The van der Waals surface area contributed by atoms with Crippen molar-refractivity contribution in [2.24, 2.45) is 0 Å². The zero-order chi connectivity index (χ0) is 16.3. The Morgan fingerprint density at radius 1 is 0.818 bits per heavy atom. The largest absolute Gasteiger partial charge is 0.444 e. The van der Waals surface area contributed by atoms with Crippen LogP contribution in [0, 0.1) is 0 Å². The zero-order valence-electron chi connectivity index (χ0n) is 14.9. The summed E-state index contributed by atoms with van der Waals surface area (Å²) in [5.74, 6) is 0. The molecule has 0 N–H and O–H groups in total. The van der Waals surface area contributed by atoms with E-state index < -0.39 is 5.60 Å². The van der Waals surface area contributed by atoms with Crippen LogP contribution in [-0.2, 0) is 4.74 Å². The average molecular weight is 309 g/mol. The van der Waals surface area contributed by atoms with Crippen molar-refractivity contribution in [2.75, 3.05) is 13.1 Å². The number of ether oxygens (including phenoxy) is 1. The molecule has 0 radical (unpaired) electrons. The van der Waals surface area contributed by atoms with Crippen molar-refractivity contribution >= 4 is 6.09 Å². The van der Waals surface area contributed by atoms with Crippen molar-refractivity contribution in [3.63, 3.8) is 0 Å². The Hall–Kier alpha value is -0.990. The van der Waals surface area contributed by atoms with Gasteiger partial charge in [0.05, 0.1) is 0 Å². The summed E-state index contributed by atoms with van der Waals surface area (Å²) in [4.78, 5) is 14.2. The van der Waals surface area contributed by atoms with Crippen LogP contribution in [0.1, 0.15) is 85.0 Å². The van der Waals surface area contributed by atoms with Crippen molar-refractivity contribution in [3.05, 3.63) is 12.2 Å². The molecule has 0 saturated carbocycles. The van der Waals surface area contributed by atoms with Crippen molar-refractivity contribution in [1.29, 1.82) is 0 Å². The maximum atomic E-state index is 12.3. The minimum absolute atomic E-state index is 0.146. The SMILES string of the molecule is CC(C)(C)OC(=O)N1CCCC/C=C\CCCCCCCC1. The number of nitrogens with zero attached hydrogens (tertiary/aromatic N) is 1. The Morgan fingerprint density at radius 2 is 1.27 bits per heavy atom. The molecule has 0 saturated heterocycles. The van der Waals surface area contributed by atoms with Crippen LogP contribution >= 0.6 is 0 Å². The summed E-state index contributed by atoms with van der Waals surface area (Å²) in [6.45, 7) is 7.46. The Labute approximate surface area is 137 Å². The highest BCUT2D eigenvalue weighted by molar-refractivity contribution is 5.68. The minimum Gasteiger partial charge on any atom is -0.444 e. The maximum Gasteiger partial charge on any atom is 0.410 e. The van der Waals surface area contributed by atoms with Gasteiger partial charge in [-0.3, -0.25) is 0 Å². The molecule has 0 atom stereocenters. The van der Waals surface area contributed by atoms with Gasteiger partial charge in [-0.1, -0.05) is 37.8 Å². The predicted octanol–water partition coefficient (Wildman–Crippen LogP) is 5.69. The molecule has 128 valence electrons. The molecule has 0 aromatic heterocycles. The third-order valence-electron chi connectivity index (χ3n) is 3.92. The zero-order valence-corrected chi connectivity index (χ0v) is 14.9. The number of amides is 1. The number of hydrogen-bond acceptors (Lipinski definition) is 2. The lowest BCUT2D eigenvalue weighted by atomic mass is 10.1. The molecule has 0 aromatic carbocycles. The van der Waals surface area contributed by atoms with Crippen molar-refractivity contribution < 1.29 is 9.53 Å². The molecule has 0 spiro atoms. The van der Waals surface area contributed by atoms with E-state index in [1.165, 1.54) is 38.5 Å². The predicted molar refractivity (Wildman–Crippen MR) is 93.1 cm³/mol. The van der Waals surface area contributed by atoms with E-state index in [9.17, 15) is 4.79 Å². The monoisotopic (exact) mass is 309 g/mol. The van der Waals surface area contributed by atoms with E-state index in [4.69, 9.17) is 4.74 Å². The number of carbonyl (C=O) groups excluding carboxylic acids is 1. The molecule has 1 aliphatic rings. The first kappa shape index (κ1) is 19.1. The second-order valence-corrected chi connectivity index (χ2v) is 7.34. The highest BCUT2D eigenvalue weighted by atomic mass is 16.6. The van der Waals surface area contributed by atoms with Crippen molar-refractivity contribution in [3.8, 4) is 0 Å². The van der Waals surface area contributed by atoms with Gasteiger partial charge in [0.25, 0.3) is 0 Å². The summed E-state index contributed by atoms with van der Waals surface area (Å²) in [6.07, 6.45) is 16.6. The van der Waals surface area contributed by atoms with Crippen LogP contribution in [0.5, 0.6) is 0 Å². The van der Waals surface area contributed by atoms with E-state index in [1.54, 1.807) is 0 Å². The lowest BCUT2D eigenvalue weighted by Gasteiger charge is -2.27. The van der Waals surface area contributed by atoms with Crippen LogP contribution in [0.3, 0.4) is 0 Å². The van der Waals surface area contributed by atoms with Gasteiger partial charge in [-0.15, -0.1) is 0 Å². The Balaban J connectivity index is 2.47. The molecule has 1 amide bonds. The molecule has 1 rings (SSSR count). The van der Waals surface area contributed by atoms with E-state index in [2.05, 4.69) is 12.2 Å². The second-order valence-electron chi connectivity index (χ2n) is 7.34. The summed E-state index contributed by atoms with van der Waals surface area (Å²) < 4.78 is 5.54. The fourth-order valence-electron chi connectivity index (χ4n) is 2.69. The second kappa shape index (κ2) is 10.7. The smallest absolute Gasteiger partial charge is 0.410 e. The first-order chi connectivity index (χ1) is 10.5. The molecule has 0 unspecified atom stereocenters. The van der Waals surface area contributed by atoms with Gasteiger partial charge in [0.15, 0.2) is 0 Å². The van der Waals surface area contributed by atoms with Crippen molar-refractivity contribution in [1.82, 2.24) is 4.90 Å². The molecule has 0 bridgehead atoms. The van der Waals surface area contributed by atoms with Gasteiger partial charge in [0.2, 0.25) is 0 Å². The van der Waals surface area contributed by atoms with Gasteiger partial charge in [0.1, 0.15) is 5.60 Å². The molecule has 3 heteroatoms. The lowest BCUT2D eigenvalue weighted by Crippen LogP contribution is -2.38. The minimum atomic E-state index is -0.406. The Kier molecular flexibility index (Phi) is 9.26. The fourth-order valence-corrected chi connectivity index (χ4v) is 2.69. The van der Waals surface area contributed by atoms with E-state index in [0.29, 0.717) is 0 Å². The van der Waals surface area contributed by atoms with Crippen molar-refractivity contribution in [2.45, 2.75) is 90.6 Å². The standard InChI is InChI=1S/C19H35NO2/c1-19(2,3)22-18(21)20-16-14-12-10-8-6-4-5-7-9-11-13-15-17-20/h6,8H,4-5,7,9-17H2,1-3H3/b8-6-. The van der Waals surface area contributed by atoms with Gasteiger partial charge < -0.3 is 9.64 Å². The van der Waals surface area contributed by atoms with Crippen LogP contribution < -0.4 is 0 Å². The highest BCUT2D eigenvalue weighted by Crippen LogP contribution is 2.14. The lowest BCUT2D eigenvalue weighted by molar-refractivity contribution is 0.0244. The van der Waals surface area contributed by atoms with Gasteiger partial charge in [-0.25, -0.2) is 4.79 Å². The van der Waals surface area contributed by atoms with Crippen LogP contribution in [0.15, 0.2) is 12.2 Å². The highest BCUT2D eigenvalue weighted by Gasteiger charge is 2.21. The Morgan fingerprint density at radius 3 is 1.86 bits per heavy atom. The van der Waals surface area contributed by atoms with Gasteiger partial charge in [-0.05, 0) is 59.3 Å². The first-order valence-corrected chi connectivity index (χ1v) is 9.12. The number of carbonyl (C=O) groups is 1. The summed E-state index contributed by atoms with van der Waals surface area (Å²) >= 11 is 0. The molecule has 0 aliphatic carbocycles. The van der Waals surface area contributed by atoms with Gasteiger partial charge in [0, 0.05) is 13.1 Å². The summed E-state index contributed by atoms with van der Waals surface area (Å²) in [5, 5.41) is 0. The quantitative estimate of drug-likeness (QED) is 0.538.